The molecule has 0 saturated heterocycles. The monoisotopic (exact) mass is 224 g/mol. The van der Waals surface area contributed by atoms with Crippen LogP contribution in [0.4, 0.5) is 0 Å². The summed E-state index contributed by atoms with van der Waals surface area (Å²) in [4.78, 5) is 10.7. The Bertz CT molecular complexity index is 217. The average molecular weight is 224 g/mol. The lowest BCUT2D eigenvalue weighted by Gasteiger charge is -1.94. The van der Waals surface area contributed by atoms with Crippen molar-refractivity contribution in [1.82, 2.24) is 0 Å². The Morgan fingerprint density at radius 2 is 1.69 bits per heavy atom. The van der Waals surface area contributed by atoms with Gasteiger partial charge in [-0.1, -0.05) is 44.4 Å². The number of unbranched alkanes of at least 4 members (excludes halogenated alkanes) is 5. The molecule has 16 heavy (non-hydrogen) atoms. The van der Waals surface area contributed by atoms with Gasteiger partial charge < -0.3 is 4.74 Å². The van der Waals surface area contributed by atoms with Gasteiger partial charge in [0.15, 0.2) is 0 Å². The minimum Gasteiger partial charge on any atom is -0.466 e. The maximum absolute atomic E-state index is 10.7. The van der Waals surface area contributed by atoms with Gasteiger partial charge in [0, 0.05) is 6.08 Å². The summed E-state index contributed by atoms with van der Waals surface area (Å²) in [5.41, 5.74) is 0. The number of esters is 1. The molecule has 0 saturated carbocycles. The van der Waals surface area contributed by atoms with Crippen molar-refractivity contribution in [2.45, 2.75) is 51.9 Å². The molecule has 0 aromatic carbocycles. The van der Waals surface area contributed by atoms with E-state index >= 15 is 0 Å². The number of carbonyl (C=O) groups is 1. The third-order valence-corrected chi connectivity index (χ3v) is 2.35. The van der Waals surface area contributed by atoms with Crippen molar-refractivity contribution < 1.29 is 9.53 Å². The third kappa shape index (κ3) is 11.0. The molecule has 0 fully saturated rings. The number of carbonyl (C=O) groups excluding carboxylic acids is 1. The minimum absolute atomic E-state index is 0.274. The van der Waals surface area contributed by atoms with E-state index in [4.69, 9.17) is 0 Å². The van der Waals surface area contributed by atoms with Crippen molar-refractivity contribution in [3.05, 3.63) is 24.3 Å². The second kappa shape index (κ2) is 12.0. The van der Waals surface area contributed by atoms with Crippen LogP contribution >= 0.6 is 0 Å². The molecular weight excluding hydrogens is 200 g/mol. The van der Waals surface area contributed by atoms with Crippen LogP contribution in [0.15, 0.2) is 24.3 Å². The van der Waals surface area contributed by atoms with Crippen LogP contribution in [-0.4, -0.2) is 13.1 Å². The number of methoxy groups -OCH3 is 1. The lowest BCUT2D eigenvalue weighted by atomic mass is 10.1. The molecule has 92 valence electrons. The molecule has 0 rings (SSSR count). The van der Waals surface area contributed by atoms with Crippen LogP contribution in [0.2, 0.25) is 0 Å². The molecule has 0 aliphatic carbocycles. The Labute approximate surface area is 99.4 Å². The predicted octanol–water partition coefficient (Wildman–Crippen LogP) is 4.02. The van der Waals surface area contributed by atoms with Crippen LogP contribution < -0.4 is 0 Å². The normalized spacial score (nSPS) is 11.4. The first-order valence-corrected chi connectivity index (χ1v) is 6.20. The highest BCUT2D eigenvalue weighted by atomic mass is 16.5. The first-order valence-electron chi connectivity index (χ1n) is 6.20. The van der Waals surface area contributed by atoms with Crippen molar-refractivity contribution in [3.63, 3.8) is 0 Å². The quantitative estimate of drug-likeness (QED) is 0.256. The van der Waals surface area contributed by atoms with Crippen LogP contribution in [0.3, 0.4) is 0 Å². The summed E-state index contributed by atoms with van der Waals surface area (Å²) >= 11 is 0. The van der Waals surface area contributed by atoms with Gasteiger partial charge in [0.05, 0.1) is 7.11 Å². The van der Waals surface area contributed by atoms with Gasteiger partial charge in [-0.15, -0.1) is 0 Å². The highest BCUT2D eigenvalue weighted by molar-refractivity contribution is 5.81. The molecule has 0 aliphatic rings. The number of hydrogen-bond donors (Lipinski definition) is 0. The molecule has 0 spiro atoms. The van der Waals surface area contributed by atoms with E-state index in [0.29, 0.717) is 0 Å². The molecule has 0 atom stereocenters. The number of allylic oxidation sites excluding steroid dienone is 3. The number of ether oxygens (including phenoxy) is 1. The second-order valence-electron chi connectivity index (χ2n) is 3.82. The summed E-state index contributed by atoms with van der Waals surface area (Å²) in [5, 5.41) is 0. The first kappa shape index (κ1) is 14.9. The van der Waals surface area contributed by atoms with Crippen molar-refractivity contribution in [1.29, 1.82) is 0 Å². The maximum Gasteiger partial charge on any atom is 0.330 e. The zero-order chi connectivity index (χ0) is 12.1. The predicted molar refractivity (Wildman–Crippen MR) is 68.3 cm³/mol. The number of hydrogen-bond acceptors (Lipinski definition) is 2. The van der Waals surface area contributed by atoms with E-state index < -0.39 is 0 Å². The van der Waals surface area contributed by atoms with Gasteiger partial charge in [-0.05, 0) is 25.7 Å². The Kier molecular flexibility index (Phi) is 11.2. The van der Waals surface area contributed by atoms with Crippen LogP contribution in [0.5, 0.6) is 0 Å². The smallest absolute Gasteiger partial charge is 0.330 e. The van der Waals surface area contributed by atoms with E-state index in [0.717, 1.165) is 12.8 Å². The van der Waals surface area contributed by atoms with E-state index in [1.165, 1.54) is 45.3 Å². The third-order valence-electron chi connectivity index (χ3n) is 2.35. The highest BCUT2D eigenvalue weighted by Crippen LogP contribution is 2.03. The summed E-state index contributed by atoms with van der Waals surface area (Å²) in [6, 6.07) is 0. The molecule has 0 N–H and O–H groups in total. The van der Waals surface area contributed by atoms with Gasteiger partial charge in [-0.2, -0.15) is 0 Å². The van der Waals surface area contributed by atoms with Gasteiger partial charge in [0.1, 0.15) is 0 Å². The van der Waals surface area contributed by atoms with E-state index in [1.807, 2.05) is 6.08 Å². The zero-order valence-corrected chi connectivity index (χ0v) is 10.6. The van der Waals surface area contributed by atoms with Crippen LogP contribution in [0, 0.1) is 0 Å². The molecule has 0 aromatic heterocycles. The topological polar surface area (TPSA) is 26.3 Å². The summed E-state index contributed by atoms with van der Waals surface area (Å²) in [6.07, 6.45) is 16.1. The maximum atomic E-state index is 10.7. The number of rotatable bonds is 9. The minimum atomic E-state index is -0.274. The summed E-state index contributed by atoms with van der Waals surface area (Å²) in [6.45, 7) is 2.23. The van der Waals surface area contributed by atoms with Crippen LogP contribution in [-0.2, 0) is 9.53 Å². The van der Waals surface area contributed by atoms with Crippen molar-refractivity contribution in [3.8, 4) is 0 Å². The molecule has 0 bridgehead atoms. The average Bonchev–Trinajstić information content (AvgIpc) is 2.31. The highest BCUT2D eigenvalue weighted by Gasteiger charge is 1.88. The molecule has 0 heterocycles. The van der Waals surface area contributed by atoms with Gasteiger partial charge >= 0.3 is 5.97 Å². The summed E-state index contributed by atoms with van der Waals surface area (Å²) < 4.78 is 4.49. The summed E-state index contributed by atoms with van der Waals surface area (Å²) in [5.74, 6) is -0.274. The zero-order valence-electron chi connectivity index (χ0n) is 10.6. The second-order valence-corrected chi connectivity index (χ2v) is 3.82. The van der Waals surface area contributed by atoms with E-state index in [2.05, 4.69) is 23.8 Å². The molecule has 0 amide bonds. The fourth-order valence-corrected chi connectivity index (χ4v) is 1.36. The largest absolute Gasteiger partial charge is 0.466 e. The van der Waals surface area contributed by atoms with Crippen molar-refractivity contribution in [2.75, 3.05) is 7.11 Å². The SMILES string of the molecule is CCCCCCC=CCCC=CC(=O)OC. The van der Waals surface area contributed by atoms with Gasteiger partial charge in [0.2, 0.25) is 0 Å². The molecule has 0 unspecified atom stereocenters. The first-order chi connectivity index (χ1) is 7.81. The molecule has 2 nitrogen and oxygen atoms in total. The lowest BCUT2D eigenvalue weighted by molar-refractivity contribution is -0.134. The molecule has 2 heteroatoms. The van der Waals surface area contributed by atoms with E-state index in [-0.39, 0.29) is 5.97 Å². The van der Waals surface area contributed by atoms with Crippen molar-refractivity contribution in [2.24, 2.45) is 0 Å². The Morgan fingerprint density at radius 3 is 2.38 bits per heavy atom. The molecule has 0 aliphatic heterocycles. The van der Waals surface area contributed by atoms with Gasteiger partial charge in [0.25, 0.3) is 0 Å². The fraction of sp³-hybridized carbons (Fsp3) is 0.643. The van der Waals surface area contributed by atoms with E-state index in [1.54, 1.807) is 0 Å². The molecular formula is C14H24O2. The van der Waals surface area contributed by atoms with Gasteiger partial charge in [-0.25, -0.2) is 4.79 Å². The fourth-order valence-electron chi connectivity index (χ4n) is 1.36. The Hall–Kier alpha value is -1.05. The van der Waals surface area contributed by atoms with Gasteiger partial charge in [-0.3, -0.25) is 0 Å². The van der Waals surface area contributed by atoms with Crippen LogP contribution in [0.1, 0.15) is 51.9 Å². The Balaban J connectivity index is 3.27. The van der Waals surface area contributed by atoms with Crippen LogP contribution in [0.25, 0.3) is 0 Å². The van der Waals surface area contributed by atoms with E-state index in [9.17, 15) is 4.79 Å². The lowest BCUT2D eigenvalue weighted by Crippen LogP contribution is -1.93. The molecule has 0 aromatic rings. The molecule has 0 radical (unpaired) electrons. The summed E-state index contributed by atoms with van der Waals surface area (Å²) in [7, 11) is 1.39. The Morgan fingerprint density at radius 1 is 1.00 bits per heavy atom. The van der Waals surface area contributed by atoms with Crippen molar-refractivity contribution >= 4 is 5.97 Å². The standard InChI is InChI=1S/C14H24O2/c1-3-4-5-6-7-8-9-10-11-12-13-14(15)16-2/h8-9,12-13H,3-7,10-11H2,1-2H3.